The Morgan fingerprint density at radius 3 is 2.30 bits per heavy atom. The number of ether oxygens (including phenoxy) is 3. The van der Waals surface area contributed by atoms with Gasteiger partial charge in [-0.15, -0.1) is 0 Å². The van der Waals surface area contributed by atoms with E-state index in [2.05, 4.69) is 0 Å². The predicted molar refractivity (Wildman–Crippen MR) is 100 cm³/mol. The van der Waals surface area contributed by atoms with E-state index in [0.717, 1.165) is 11.1 Å². The van der Waals surface area contributed by atoms with Crippen molar-refractivity contribution >= 4 is 18.0 Å². The monoisotopic (exact) mass is 366 g/mol. The van der Waals surface area contributed by atoms with Gasteiger partial charge in [0, 0.05) is 12.3 Å². The average Bonchev–Trinajstić information content (AvgIpc) is 3.01. The number of hydrogen-bond donors (Lipinski definition) is 0. The molecule has 0 unspecified atom stereocenters. The summed E-state index contributed by atoms with van der Waals surface area (Å²) in [6, 6.07) is 18.9. The van der Waals surface area contributed by atoms with Gasteiger partial charge >= 0.3 is 17.7 Å². The first kappa shape index (κ1) is 18.7. The second kappa shape index (κ2) is 8.08. The van der Waals surface area contributed by atoms with E-state index < -0.39 is 23.6 Å². The van der Waals surface area contributed by atoms with Crippen LogP contribution in [0.1, 0.15) is 25.0 Å². The van der Waals surface area contributed by atoms with Crippen molar-refractivity contribution in [3.05, 3.63) is 77.5 Å². The lowest BCUT2D eigenvalue weighted by atomic mass is 10.0. The Hall–Kier alpha value is -3.08. The zero-order valence-electron chi connectivity index (χ0n) is 15.4. The van der Waals surface area contributed by atoms with Gasteiger partial charge in [0.05, 0.1) is 6.61 Å². The van der Waals surface area contributed by atoms with Crippen LogP contribution >= 0.6 is 0 Å². The lowest BCUT2D eigenvalue weighted by Gasteiger charge is -2.27. The van der Waals surface area contributed by atoms with E-state index in [-0.39, 0.29) is 12.4 Å². The van der Waals surface area contributed by atoms with Crippen LogP contribution in [0.4, 0.5) is 0 Å². The van der Waals surface area contributed by atoms with Crippen molar-refractivity contribution in [1.29, 1.82) is 0 Å². The molecular weight excluding hydrogens is 344 g/mol. The molecule has 0 aliphatic carbocycles. The molecule has 2 aromatic carbocycles. The molecule has 1 heterocycles. The molecule has 0 radical (unpaired) electrons. The zero-order chi connectivity index (χ0) is 19.3. The second-order valence-corrected chi connectivity index (χ2v) is 6.60. The van der Waals surface area contributed by atoms with Crippen LogP contribution in [0.15, 0.2) is 66.4 Å². The van der Waals surface area contributed by atoms with Gasteiger partial charge in [0.15, 0.2) is 0 Å². The quantitative estimate of drug-likeness (QED) is 0.576. The van der Waals surface area contributed by atoms with Gasteiger partial charge in [0.25, 0.3) is 0 Å². The number of benzene rings is 2. The summed E-state index contributed by atoms with van der Waals surface area (Å²) in [6.45, 7) is 3.67. The van der Waals surface area contributed by atoms with Crippen LogP contribution in [-0.4, -0.2) is 24.3 Å². The van der Waals surface area contributed by atoms with E-state index in [1.165, 1.54) is 0 Å². The van der Waals surface area contributed by atoms with Crippen molar-refractivity contribution in [1.82, 2.24) is 0 Å². The molecule has 1 aliphatic heterocycles. The zero-order valence-corrected chi connectivity index (χ0v) is 15.4. The molecule has 2 aromatic rings. The second-order valence-electron chi connectivity index (χ2n) is 6.60. The van der Waals surface area contributed by atoms with E-state index in [4.69, 9.17) is 14.2 Å². The van der Waals surface area contributed by atoms with Crippen LogP contribution in [0.25, 0.3) is 6.08 Å². The molecule has 1 atom stereocenters. The van der Waals surface area contributed by atoms with Crippen molar-refractivity contribution in [3.8, 4) is 0 Å². The van der Waals surface area contributed by atoms with Crippen LogP contribution in [-0.2, 0) is 30.2 Å². The molecule has 5 nitrogen and oxygen atoms in total. The van der Waals surface area contributed by atoms with Gasteiger partial charge in [-0.2, -0.15) is 0 Å². The lowest BCUT2D eigenvalue weighted by Crippen LogP contribution is -2.46. The third-order valence-corrected chi connectivity index (χ3v) is 4.32. The third kappa shape index (κ3) is 4.19. The van der Waals surface area contributed by atoms with E-state index in [0.29, 0.717) is 6.42 Å². The Bertz CT molecular complexity index is 826. The summed E-state index contributed by atoms with van der Waals surface area (Å²) in [5.41, 5.74) is 1.83. The number of esters is 2. The van der Waals surface area contributed by atoms with E-state index in [1.807, 2.05) is 60.7 Å². The molecule has 0 saturated carbocycles. The van der Waals surface area contributed by atoms with E-state index in [1.54, 1.807) is 19.9 Å². The van der Waals surface area contributed by atoms with Crippen molar-refractivity contribution in [3.63, 3.8) is 0 Å². The highest BCUT2D eigenvalue weighted by Gasteiger charge is 2.56. The van der Waals surface area contributed by atoms with Crippen LogP contribution in [0.3, 0.4) is 0 Å². The SMILES string of the molecule is CC(C)[C@@]1(C(=O)OCCc2ccccc2)OC(=O)/C(=C/c2ccccc2)O1. The fraction of sp³-hybridized carbons (Fsp3) is 0.273. The molecule has 140 valence electrons. The molecule has 1 saturated heterocycles. The van der Waals surface area contributed by atoms with Gasteiger partial charge in [0.1, 0.15) is 0 Å². The lowest BCUT2D eigenvalue weighted by molar-refractivity contribution is -0.217. The summed E-state index contributed by atoms with van der Waals surface area (Å²) < 4.78 is 16.4. The molecule has 0 N–H and O–H groups in total. The highest BCUT2D eigenvalue weighted by molar-refractivity contribution is 5.97. The fourth-order valence-corrected chi connectivity index (χ4v) is 2.76. The largest absolute Gasteiger partial charge is 0.460 e. The van der Waals surface area contributed by atoms with Crippen molar-refractivity contribution in [2.75, 3.05) is 6.61 Å². The summed E-state index contributed by atoms with van der Waals surface area (Å²) in [7, 11) is 0. The van der Waals surface area contributed by atoms with E-state index >= 15 is 0 Å². The maximum absolute atomic E-state index is 12.7. The number of rotatable bonds is 6. The van der Waals surface area contributed by atoms with Gasteiger partial charge in [0.2, 0.25) is 5.76 Å². The molecule has 1 aliphatic rings. The molecular formula is C22H22O5. The van der Waals surface area contributed by atoms with Crippen LogP contribution < -0.4 is 0 Å². The molecule has 0 amide bonds. The Morgan fingerprint density at radius 2 is 1.67 bits per heavy atom. The van der Waals surface area contributed by atoms with Crippen LogP contribution in [0.5, 0.6) is 0 Å². The van der Waals surface area contributed by atoms with Crippen molar-refractivity contribution in [2.45, 2.75) is 26.1 Å². The van der Waals surface area contributed by atoms with Crippen LogP contribution in [0.2, 0.25) is 0 Å². The molecule has 27 heavy (non-hydrogen) atoms. The molecule has 3 rings (SSSR count). The van der Waals surface area contributed by atoms with Gasteiger partial charge in [-0.3, -0.25) is 0 Å². The first-order valence-corrected chi connectivity index (χ1v) is 8.91. The Balaban J connectivity index is 1.71. The molecule has 5 heteroatoms. The van der Waals surface area contributed by atoms with Gasteiger partial charge in [-0.1, -0.05) is 74.5 Å². The first-order valence-electron chi connectivity index (χ1n) is 8.91. The molecule has 1 fully saturated rings. The maximum Gasteiger partial charge on any atom is 0.393 e. The number of hydrogen-bond acceptors (Lipinski definition) is 5. The predicted octanol–water partition coefficient (Wildman–Crippen LogP) is 3.74. The minimum atomic E-state index is -1.76. The highest BCUT2D eigenvalue weighted by Crippen LogP contribution is 2.36. The van der Waals surface area contributed by atoms with Crippen LogP contribution in [0, 0.1) is 5.92 Å². The number of carbonyl (C=O) groups is 2. The minimum absolute atomic E-state index is 0.00471. The Kier molecular flexibility index (Phi) is 5.60. The summed E-state index contributed by atoms with van der Waals surface area (Å²) in [4.78, 5) is 25.0. The van der Waals surface area contributed by atoms with Gasteiger partial charge in [-0.05, 0) is 17.2 Å². The van der Waals surface area contributed by atoms with E-state index in [9.17, 15) is 9.59 Å². The molecule has 0 bridgehead atoms. The molecule has 0 spiro atoms. The summed E-state index contributed by atoms with van der Waals surface area (Å²) >= 11 is 0. The average molecular weight is 366 g/mol. The summed E-state index contributed by atoms with van der Waals surface area (Å²) in [6.07, 6.45) is 2.13. The highest BCUT2D eigenvalue weighted by atomic mass is 16.8. The normalized spacial score (nSPS) is 20.4. The van der Waals surface area contributed by atoms with Crippen molar-refractivity contribution < 1.29 is 23.8 Å². The third-order valence-electron chi connectivity index (χ3n) is 4.32. The maximum atomic E-state index is 12.7. The van der Waals surface area contributed by atoms with Crippen molar-refractivity contribution in [2.24, 2.45) is 5.92 Å². The number of carbonyl (C=O) groups excluding carboxylic acids is 2. The Labute approximate surface area is 158 Å². The smallest absolute Gasteiger partial charge is 0.393 e. The molecule has 0 aromatic heterocycles. The fourth-order valence-electron chi connectivity index (χ4n) is 2.76. The summed E-state index contributed by atoms with van der Waals surface area (Å²) in [5.74, 6) is -3.54. The standard InChI is InChI=1S/C22H22O5/c1-16(2)22(21(24)25-14-13-17-9-5-3-6-10-17)26-19(20(23)27-22)15-18-11-7-4-8-12-18/h3-12,15-16H,13-14H2,1-2H3/b19-15-/t22-/m0/s1. The summed E-state index contributed by atoms with van der Waals surface area (Å²) in [5, 5.41) is 0. The first-order chi connectivity index (χ1) is 13.0. The minimum Gasteiger partial charge on any atom is -0.460 e. The number of cyclic esters (lactones) is 1. The van der Waals surface area contributed by atoms with Gasteiger partial charge < -0.3 is 14.2 Å². The van der Waals surface area contributed by atoms with Gasteiger partial charge in [-0.25, -0.2) is 9.59 Å². The topological polar surface area (TPSA) is 61.8 Å². The Morgan fingerprint density at radius 1 is 1.04 bits per heavy atom.